The van der Waals surface area contributed by atoms with Crippen LogP contribution in [0.3, 0.4) is 0 Å². The lowest BCUT2D eigenvalue weighted by molar-refractivity contribution is -0.123. The highest BCUT2D eigenvalue weighted by molar-refractivity contribution is 7.18. The molecule has 0 aliphatic carbocycles. The third-order valence-corrected chi connectivity index (χ3v) is 6.36. The molecule has 1 N–H and O–H groups in total. The first kappa shape index (κ1) is 18.9. The molecule has 0 radical (unpaired) electrons. The Morgan fingerprint density at radius 2 is 2.04 bits per heavy atom. The fraction of sp³-hybridized carbons (Fsp3) is 0.364. The number of fused-ring (bicyclic) bond motifs is 1. The smallest absolute Gasteiger partial charge is 0.234 e. The topological polar surface area (TPSA) is 54.5 Å². The maximum absolute atomic E-state index is 12.6. The van der Waals surface area contributed by atoms with E-state index in [9.17, 15) is 4.79 Å². The van der Waals surface area contributed by atoms with Gasteiger partial charge in [-0.3, -0.25) is 9.69 Å². The van der Waals surface area contributed by atoms with Crippen molar-refractivity contribution in [3.05, 3.63) is 59.1 Å². The van der Waals surface area contributed by atoms with Gasteiger partial charge in [0.1, 0.15) is 10.8 Å². The molecule has 1 aliphatic heterocycles. The molecule has 1 saturated heterocycles. The number of likely N-dealkylation sites (tertiary alicyclic amines) is 1. The van der Waals surface area contributed by atoms with Gasteiger partial charge in [-0.1, -0.05) is 36.8 Å². The average Bonchev–Trinajstić information content (AvgIpc) is 3.17. The van der Waals surface area contributed by atoms with E-state index in [-0.39, 0.29) is 11.9 Å². The van der Waals surface area contributed by atoms with Crippen LogP contribution < -0.4 is 10.1 Å². The SMILES string of the molecule is COc1ccccc1CNC(=O)CN1CCCC[C@H]1c1nc2ccccc2s1. The van der Waals surface area contributed by atoms with Crippen molar-refractivity contribution in [3.8, 4) is 5.75 Å². The summed E-state index contributed by atoms with van der Waals surface area (Å²) in [4.78, 5) is 19.7. The zero-order valence-corrected chi connectivity index (χ0v) is 16.9. The number of benzene rings is 2. The molecule has 1 aromatic heterocycles. The number of aromatic nitrogens is 1. The van der Waals surface area contributed by atoms with Gasteiger partial charge in [-0.2, -0.15) is 0 Å². The van der Waals surface area contributed by atoms with Gasteiger partial charge < -0.3 is 10.1 Å². The average molecular weight is 396 g/mol. The molecule has 28 heavy (non-hydrogen) atoms. The first-order valence-corrected chi connectivity index (χ1v) is 10.5. The molecule has 1 fully saturated rings. The van der Waals surface area contributed by atoms with E-state index in [2.05, 4.69) is 22.3 Å². The normalized spacial score (nSPS) is 17.5. The van der Waals surface area contributed by atoms with Crippen molar-refractivity contribution in [3.63, 3.8) is 0 Å². The van der Waals surface area contributed by atoms with E-state index in [0.717, 1.165) is 41.2 Å². The molecular formula is C22H25N3O2S. The Bertz CT molecular complexity index is 923. The summed E-state index contributed by atoms with van der Waals surface area (Å²) in [6, 6.07) is 16.2. The van der Waals surface area contributed by atoms with Crippen LogP contribution in [0, 0.1) is 0 Å². The highest BCUT2D eigenvalue weighted by atomic mass is 32.1. The van der Waals surface area contributed by atoms with Crippen LogP contribution in [0.2, 0.25) is 0 Å². The number of rotatable bonds is 6. The highest BCUT2D eigenvalue weighted by Crippen LogP contribution is 2.35. The van der Waals surface area contributed by atoms with Crippen LogP contribution >= 0.6 is 11.3 Å². The number of nitrogens with one attached hydrogen (secondary N) is 1. The number of carbonyl (C=O) groups is 1. The number of thiazole rings is 1. The van der Waals surface area contributed by atoms with E-state index < -0.39 is 0 Å². The Morgan fingerprint density at radius 1 is 1.21 bits per heavy atom. The summed E-state index contributed by atoms with van der Waals surface area (Å²) < 4.78 is 6.57. The minimum Gasteiger partial charge on any atom is -0.496 e. The summed E-state index contributed by atoms with van der Waals surface area (Å²) in [6.07, 6.45) is 3.36. The predicted octanol–water partition coefficient (Wildman–Crippen LogP) is 4.15. The summed E-state index contributed by atoms with van der Waals surface area (Å²) in [7, 11) is 1.65. The minimum absolute atomic E-state index is 0.0407. The van der Waals surface area contributed by atoms with Crippen LogP contribution in [0.4, 0.5) is 0 Å². The lowest BCUT2D eigenvalue weighted by Crippen LogP contribution is -2.41. The molecule has 1 atom stereocenters. The van der Waals surface area contributed by atoms with E-state index in [1.54, 1.807) is 18.4 Å². The van der Waals surface area contributed by atoms with E-state index in [1.165, 1.54) is 11.1 Å². The van der Waals surface area contributed by atoms with Gasteiger partial charge >= 0.3 is 0 Å². The van der Waals surface area contributed by atoms with Crippen molar-refractivity contribution >= 4 is 27.5 Å². The zero-order valence-electron chi connectivity index (χ0n) is 16.1. The maximum atomic E-state index is 12.6. The number of ether oxygens (including phenoxy) is 1. The number of piperidine rings is 1. The number of methoxy groups -OCH3 is 1. The molecule has 5 nitrogen and oxygen atoms in total. The van der Waals surface area contributed by atoms with Crippen molar-refractivity contribution in [2.24, 2.45) is 0 Å². The lowest BCUT2D eigenvalue weighted by Gasteiger charge is -2.33. The van der Waals surface area contributed by atoms with Gasteiger partial charge in [0.25, 0.3) is 0 Å². The van der Waals surface area contributed by atoms with Crippen LogP contribution in [0.1, 0.15) is 35.9 Å². The van der Waals surface area contributed by atoms with E-state index in [1.807, 2.05) is 36.4 Å². The largest absolute Gasteiger partial charge is 0.496 e. The van der Waals surface area contributed by atoms with Gasteiger partial charge in [0.2, 0.25) is 5.91 Å². The molecule has 0 unspecified atom stereocenters. The second-order valence-corrected chi connectivity index (χ2v) is 8.15. The molecule has 1 aliphatic rings. The molecule has 146 valence electrons. The number of amides is 1. The quantitative estimate of drug-likeness (QED) is 0.681. The van der Waals surface area contributed by atoms with Gasteiger partial charge in [-0.05, 0) is 37.6 Å². The first-order valence-electron chi connectivity index (χ1n) is 9.72. The van der Waals surface area contributed by atoms with E-state index in [0.29, 0.717) is 13.1 Å². The summed E-state index contributed by atoms with van der Waals surface area (Å²) in [5.41, 5.74) is 2.04. The van der Waals surface area contributed by atoms with Crippen molar-refractivity contribution < 1.29 is 9.53 Å². The van der Waals surface area contributed by atoms with Crippen LogP contribution in [0.5, 0.6) is 5.75 Å². The standard InChI is InChI=1S/C22H25N3O2S/c1-27-19-11-4-2-8-16(19)14-23-21(26)15-25-13-7-6-10-18(25)22-24-17-9-3-5-12-20(17)28-22/h2-5,8-9,11-12,18H,6-7,10,13-15H2,1H3,(H,23,26)/t18-/m0/s1. The van der Waals surface area contributed by atoms with Gasteiger partial charge in [0, 0.05) is 12.1 Å². The number of hydrogen-bond acceptors (Lipinski definition) is 5. The molecule has 2 aromatic carbocycles. The van der Waals surface area contributed by atoms with Crippen molar-refractivity contribution in [2.75, 3.05) is 20.2 Å². The maximum Gasteiger partial charge on any atom is 0.234 e. The Morgan fingerprint density at radius 3 is 2.89 bits per heavy atom. The Kier molecular flexibility index (Phi) is 5.88. The second-order valence-electron chi connectivity index (χ2n) is 7.09. The number of hydrogen-bond donors (Lipinski definition) is 1. The third kappa shape index (κ3) is 4.18. The van der Waals surface area contributed by atoms with Gasteiger partial charge in [-0.15, -0.1) is 11.3 Å². The van der Waals surface area contributed by atoms with Crippen molar-refractivity contribution in [1.82, 2.24) is 15.2 Å². The molecule has 2 heterocycles. The van der Waals surface area contributed by atoms with Gasteiger partial charge in [0.05, 0.1) is 29.9 Å². The third-order valence-electron chi connectivity index (χ3n) is 5.22. The lowest BCUT2D eigenvalue weighted by atomic mass is 10.0. The van der Waals surface area contributed by atoms with Crippen molar-refractivity contribution in [1.29, 1.82) is 0 Å². The number of carbonyl (C=O) groups excluding carboxylic acids is 1. The monoisotopic (exact) mass is 395 g/mol. The highest BCUT2D eigenvalue weighted by Gasteiger charge is 2.28. The molecule has 0 spiro atoms. The minimum atomic E-state index is 0.0407. The number of nitrogens with zero attached hydrogens (tertiary/aromatic N) is 2. The van der Waals surface area contributed by atoms with Crippen molar-refractivity contribution in [2.45, 2.75) is 31.8 Å². The fourth-order valence-corrected chi connectivity index (χ4v) is 4.91. The van der Waals surface area contributed by atoms with E-state index >= 15 is 0 Å². The number of para-hydroxylation sites is 2. The molecule has 4 rings (SSSR count). The Balaban J connectivity index is 1.42. The predicted molar refractivity (Wildman–Crippen MR) is 113 cm³/mol. The zero-order chi connectivity index (χ0) is 19.3. The molecule has 0 saturated carbocycles. The second kappa shape index (κ2) is 8.71. The summed E-state index contributed by atoms with van der Waals surface area (Å²) in [5, 5.41) is 4.17. The summed E-state index contributed by atoms with van der Waals surface area (Å²) in [5.74, 6) is 0.840. The summed E-state index contributed by atoms with van der Waals surface area (Å²) in [6.45, 7) is 1.81. The Hall–Kier alpha value is -2.44. The van der Waals surface area contributed by atoms with Gasteiger partial charge in [0.15, 0.2) is 0 Å². The summed E-state index contributed by atoms with van der Waals surface area (Å²) >= 11 is 1.75. The molecule has 6 heteroatoms. The van der Waals surface area contributed by atoms with Crippen LogP contribution in [-0.4, -0.2) is 36.0 Å². The molecule has 0 bridgehead atoms. The van der Waals surface area contributed by atoms with Gasteiger partial charge in [-0.25, -0.2) is 4.98 Å². The molecule has 1 amide bonds. The van der Waals surface area contributed by atoms with E-state index in [4.69, 9.17) is 9.72 Å². The van der Waals surface area contributed by atoms with Crippen LogP contribution in [0.15, 0.2) is 48.5 Å². The van der Waals surface area contributed by atoms with Crippen LogP contribution in [-0.2, 0) is 11.3 Å². The van der Waals surface area contributed by atoms with Crippen LogP contribution in [0.25, 0.3) is 10.2 Å². The Labute approximate surface area is 169 Å². The molecular weight excluding hydrogens is 370 g/mol. The molecule has 3 aromatic rings. The first-order chi connectivity index (χ1) is 13.7. The fourth-order valence-electron chi connectivity index (χ4n) is 3.78.